The van der Waals surface area contributed by atoms with Crippen LogP contribution >= 0.6 is 0 Å². The van der Waals surface area contributed by atoms with Gasteiger partial charge in [-0.25, -0.2) is 0 Å². The number of aromatic hydroxyl groups is 2. The number of nitriles is 1. The highest BCUT2D eigenvalue weighted by Crippen LogP contribution is 2.43. The summed E-state index contributed by atoms with van der Waals surface area (Å²) in [6.07, 6.45) is 0. The molecule has 0 unspecified atom stereocenters. The molecule has 2 aromatic rings. The minimum absolute atomic E-state index is 0.00365. The van der Waals surface area contributed by atoms with Crippen LogP contribution < -0.4 is 10.5 Å². The zero-order valence-electron chi connectivity index (χ0n) is 10.9. The van der Waals surface area contributed by atoms with Crippen molar-refractivity contribution in [1.29, 1.82) is 5.26 Å². The maximum atomic E-state index is 9.66. The van der Waals surface area contributed by atoms with Gasteiger partial charge in [0.15, 0.2) is 0 Å². The first-order chi connectivity index (χ1) is 10.1. The largest absolute Gasteiger partial charge is 0.508 e. The van der Waals surface area contributed by atoms with Crippen LogP contribution in [0.25, 0.3) is 0 Å². The van der Waals surface area contributed by atoms with Crippen molar-refractivity contribution in [2.45, 2.75) is 5.92 Å². The van der Waals surface area contributed by atoms with Gasteiger partial charge >= 0.3 is 0 Å². The summed E-state index contributed by atoms with van der Waals surface area (Å²) in [6.45, 7) is 0. The minimum Gasteiger partial charge on any atom is -0.508 e. The standard InChI is InChI=1S/C16H12N2O3/c17-8-13-15(9-2-1-3-10(19)6-9)12-5-4-11(20)7-14(12)21-16(13)18/h1-7,15,19-20H,18H2/t15-/m0/s1. The van der Waals surface area contributed by atoms with Gasteiger partial charge in [-0.1, -0.05) is 18.2 Å². The lowest BCUT2D eigenvalue weighted by atomic mass is 9.83. The van der Waals surface area contributed by atoms with Crippen LogP contribution in [-0.4, -0.2) is 10.2 Å². The number of nitrogens with zero attached hydrogens (tertiary/aromatic N) is 1. The van der Waals surface area contributed by atoms with Gasteiger partial charge in [0.25, 0.3) is 0 Å². The number of hydrogen-bond acceptors (Lipinski definition) is 5. The third-order valence-electron chi connectivity index (χ3n) is 3.41. The number of allylic oxidation sites excluding steroid dienone is 1. The summed E-state index contributed by atoms with van der Waals surface area (Å²) in [5.41, 5.74) is 7.53. The summed E-state index contributed by atoms with van der Waals surface area (Å²) >= 11 is 0. The van der Waals surface area contributed by atoms with Crippen LogP contribution in [0.2, 0.25) is 0 Å². The Morgan fingerprint density at radius 1 is 1.10 bits per heavy atom. The lowest BCUT2D eigenvalue weighted by molar-refractivity contribution is 0.388. The predicted molar refractivity (Wildman–Crippen MR) is 75.5 cm³/mol. The molecule has 0 saturated carbocycles. The zero-order chi connectivity index (χ0) is 15.0. The van der Waals surface area contributed by atoms with Crippen LogP contribution in [0.1, 0.15) is 17.0 Å². The minimum atomic E-state index is -0.438. The number of phenols is 2. The highest BCUT2D eigenvalue weighted by molar-refractivity contribution is 5.57. The molecule has 0 aromatic heterocycles. The van der Waals surface area contributed by atoms with Crippen LogP contribution in [0.5, 0.6) is 17.2 Å². The van der Waals surface area contributed by atoms with E-state index in [1.807, 2.05) is 0 Å². The quantitative estimate of drug-likeness (QED) is 0.744. The third kappa shape index (κ3) is 2.13. The van der Waals surface area contributed by atoms with Gasteiger partial charge < -0.3 is 20.7 Å². The molecular formula is C16H12N2O3. The number of nitrogens with two attached hydrogens (primary N) is 1. The third-order valence-corrected chi connectivity index (χ3v) is 3.41. The van der Waals surface area contributed by atoms with E-state index in [2.05, 4.69) is 6.07 Å². The molecule has 5 nitrogen and oxygen atoms in total. The van der Waals surface area contributed by atoms with Gasteiger partial charge in [0.1, 0.15) is 28.9 Å². The molecule has 1 atom stereocenters. The van der Waals surface area contributed by atoms with Crippen LogP contribution in [0.4, 0.5) is 0 Å². The average Bonchev–Trinajstić information content (AvgIpc) is 2.45. The van der Waals surface area contributed by atoms with E-state index < -0.39 is 5.92 Å². The van der Waals surface area contributed by atoms with E-state index in [9.17, 15) is 15.5 Å². The molecule has 0 aliphatic carbocycles. The first kappa shape index (κ1) is 12.9. The van der Waals surface area contributed by atoms with Gasteiger partial charge in [0, 0.05) is 11.6 Å². The number of benzene rings is 2. The lowest BCUT2D eigenvalue weighted by Gasteiger charge is -2.26. The molecule has 3 rings (SSSR count). The number of hydrogen-bond donors (Lipinski definition) is 3. The topological polar surface area (TPSA) is 99.5 Å². The summed E-state index contributed by atoms with van der Waals surface area (Å²) in [5.74, 6) is 0.127. The molecule has 2 aromatic carbocycles. The molecule has 5 heteroatoms. The maximum Gasteiger partial charge on any atom is 0.205 e. The van der Waals surface area contributed by atoms with Crippen molar-refractivity contribution in [1.82, 2.24) is 0 Å². The molecule has 0 amide bonds. The molecule has 0 radical (unpaired) electrons. The summed E-state index contributed by atoms with van der Waals surface area (Å²) in [5, 5.41) is 28.6. The number of ether oxygens (including phenoxy) is 1. The maximum absolute atomic E-state index is 9.66. The lowest BCUT2D eigenvalue weighted by Crippen LogP contribution is -2.20. The van der Waals surface area contributed by atoms with Crippen molar-refractivity contribution < 1.29 is 14.9 Å². The Labute approximate surface area is 121 Å². The molecule has 4 N–H and O–H groups in total. The summed E-state index contributed by atoms with van der Waals surface area (Å²) < 4.78 is 5.41. The predicted octanol–water partition coefficient (Wildman–Crippen LogP) is 2.32. The Kier molecular flexibility index (Phi) is 2.92. The zero-order valence-corrected chi connectivity index (χ0v) is 10.9. The van der Waals surface area contributed by atoms with Crippen LogP contribution in [0.15, 0.2) is 53.9 Å². The van der Waals surface area contributed by atoms with Crippen molar-refractivity contribution >= 4 is 0 Å². The number of rotatable bonds is 1. The van der Waals surface area contributed by atoms with Crippen molar-refractivity contribution in [2.24, 2.45) is 5.73 Å². The molecule has 0 bridgehead atoms. The molecular weight excluding hydrogens is 268 g/mol. The van der Waals surface area contributed by atoms with E-state index in [-0.39, 0.29) is 23.0 Å². The fraction of sp³-hybridized carbons (Fsp3) is 0.0625. The van der Waals surface area contributed by atoms with E-state index in [0.717, 1.165) is 5.56 Å². The summed E-state index contributed by atoms with van der Waals surface area (Å²) in [6, 6.07) is 13.4. The summed E-state index contributed by atoms with van der Waals surface area (Å²) in [4.78, 5) is 0. The molecule has 0 fully saturated rings. The Balaban J connectivity index is 2.24. The van der Waals surface area contributed by atoms with Gasteiger partial charge in [0.2, 0.25) is 5.88 Å². The smallest absolute Gasteiger partial charge is 0.205 e. The van der Waals surface area contributed by atoms with Crippen LogP contribution in [0, 0.1) is 11.3 Å². The van der Waals surface area contributed by atoms with Gasteiger partial charge in [-0.05, 0) is 23.8 Å². The highest BCUT2D eigenvalue weighted by Gasteiger charge is 2.30. The van der Waals surface area contributed by atoms with Gasteiger partial charge in [-0.15, -0.1) is 0 Å². The Morgan fingerprint density at radius 3 is 2.57 bits per heavy atom. The first-order valence-electron chi connectivity index (χ1n) is 6.29. The average molecular weight is 280 g/mol. The highest BCUT2D eigenvalue weighted by atomic mass is 16.5. The molecule has 0 saturated heterocycles. The van der Waals surface area contributed by atoms with E-state index in [4.69, 9.17) is 10.5 Å². The molecule has 1 aliphatic rings. The van der Waals surface area contributed by atoms with Crippen molar-refractivity contribution in [3.05, 3.63) is 65.0 Å². The van der Waals surface area contributed by atoms with Gasteiger partial charge in [-0.2, -0.15) is 5.26 Å². The SMILES string of the molecule is N#CC1=C(N)Oc2cc(O)ccc2[C@@H]1c1cccc(O)c1. The monoisotopic (exact) mass is 280 g/mol. The second-order valence-electron chi connectivity index (χ2n) is 4.74. The second kappa shape index (κ2) is 4.76. The second-order valence-corrected chi connectivity index (χ2v) is 4.74. The van der Waals surface area contributed by atoms with E-state index in [1.165, 1.54) is 12.1 Å². The van der Waals surface area contributed by atoms with Crippen molar-refractivity contribution in [2.75, 3.05) is 0 Å². The normalized spacial score (nSPS) is 16.8. The molecule has 1 aliphatic heterocycles. The number of phenolic OH excluding ortho intramolecular Hbond substituents is 2. The van der Waals surface area contributed by atoms with E-state index in [1.54, 1.807) is 30.3 Å². The van der Waals surface area contributed by atoms with E-state index in [0.29, 0.717) is 11.3 Å². The van der Waals surface area contributed by atoms with Crippen LogP contribution in [-0.2, 0) is 0 Å². The Morgan fingerprint density at radius 2 is 1.86 bits per heavy atom. The molecule has 104 valence electrons. The fourth-order valence-electron chi connectivity index (χ4n) is 2.49. The molecule has 0 spiro atoms. The van der Waals surface area contributed by atoms with E-state index >= 15 is 0 Å². The van der Waals surface area contributed by atoms with Crippen molar-refractivity contribution in [3.8, 4) is 23.3 Å². The first-order valence-corrected chi connectivity index (χ1v) is 6.29. The van der Waals surface area contributed by atoms with Gasteiger partial charge in [-0.3, -0.25) is 0 Å². The van der Waals surface area contributed by atoms with Gasteiger partial charge in [0.05, 0.1) is 5.92 Å². The Hall–Kier alpha value is -3.13. The van der Waals surface area contributed by atoms with Crippen LogP contribution in [0.3, 0.4) is 0 Å². The fourth-order valence-corrected chi connectivity index (χ4v) is 2.49. The molecule has 1 heterocycles. The Bertz CT molecular complexity index is 790. The summed E-state index contributed by atoms with van der Waals surface area (Å²) in [7, 11) is 0. The van der Waals surface area contributed by atoms with Crippen molar-refractivity contribution in [3.63, 3.8) is 0 Å². The molecule has 21 heavy (non-hydrogen) atoms. The number of fused-ring (bicyclic) bond motifs is 1.